The monoisotopic (exact) mass is 342 g/mol. The van der Waals surface area contributed by atoms with E-state index in [1.54, 1.807) is 0 Å². The van der Waals surface area contributed by atoms with Gasteiger partial charge in [-0.2, -0.15) is 5.10 Å². The Morgan fingerprint density at radius 3 is 2.68 bits per heavy atom. The van der Waals surface area contributed by atoms with E-state index in [4.69, 9.17) is 16.3 Å². The Bertz CT molecular complexity index is 695. The molecule has 2 heterocycles. The van der Waals surface area contributed by atoms with E-state index in [1.807, 2.05) is 25.6 Å². The number of esters is 1. The summed E-state index contributed by atoms with van der Waals surface area (Å²) in [4.78, 5) is 16.1. The number of hydrogen-bond donors (Lipinski definition) is 1. The van der Waals surface area contributed by atoms with Crippen molar-refractivity contribution in [2.45, 2.75) is 33.2 Å². The molecule has 0 fully saturated rings. The number of hydrogen-bond acceptors (Lipinski definition) is 6. The van der Waals surface area contributed by atoms with Gasteiger partial charge < -0.3 is 10.1 Å². The van der Waals surface area contributed by atoms with Crippen LogP contribution in [-0.2, 0) is 11.8 Å². The topological polar surface area (TPSA) is 69.0 Å². The van der Waals surface area contributed by atoms with Crippen molar-refractivity contribution in [2.24, 2.45) is 7.05 Å². The molecule has 0 radical (unpaired) electrons. The molecule has 2 rings (SSSR count). The van der Waals surface area contributed by atoms with Gasteiger partial charge >= 0.3 is 5.97 Å². The first-order chi connectivity index (χ1) is 10.4. The minimum Gasteiger partial charge on any atom is -0.465 e. The third-order valence-electron chi connectivity index (χ3n) is 3.58. The summed E-state index contributed by atoms with van der Waals surface area (Å²) in [5.74, 6) is -0.475. The summed E-state index contributed by atoms with van der Waals surface area (Å²) in [6, 6.07) is 0.0569. The molecule has 0 aliphatic heterocycles. The van der Waals surface area contributed by atoms with Gasteiger partial charge in [-0.1, -0.05) is 29.9 Å². The predicted molar refractivity (Wildman–Crippen MR) is 87.8 cm³/mol. The van der Waals surface area contributed by atoms with Gasteiger partial charge in [0.15, 0.2) is 15.2 Å². The standard InChI is InChI=1S/C14H19ClN4O2S/c1-6-9(10-7(2)18-19(4)8(10)3)16-14-17-12(15)11(22-14)13(20)21-5/h9H,6H2,1-5H3,(H,16,17). The van der Waals surface area contributed by atoms with Gasteiger partial charge in [0.05, 0.1) is 18.8 Å². The zero-order valence-corrected chi connectivity index (χ0v) is 14.8. The fourth-order valence-corrected chi connectivity index (χ4v) is 3.56. The maximum absolute atomic E-state index is 11.6. The summed E-state index contributed by atoms with van der Waals surface area (Å²) in [6.07, 6.45) is 0.859. The molecule has 1 N–H and O–H groups in total. The summed E-state index contributed by atoms with van der Waals surface area (Å²) in [7, 11) is 3.25. The molecule has 0 amide bonds. The molecule has 0 saturated heterocycles. The number of halogens is 1. The number of aryl methyl sites for hydroxylation is 2. The van der Waals surface area contributed by atoms with Gasteiger partial charge in [-0.05, 0) is 20.3 Å². The van der Waals surface area contributed by atoms with E-state index in [0.717, 1.165) is 23.4 Å². The normalized spacial score (nSPS) is 12.3. The van der Waals surface area contributed by atoms with Crippen molar-refractivity contribution in [3.05, 3.63) is 27.0 Å². The van der Waals surface area contributed by atoms with Crippen LogP contribution in [0.3, 0.4) is 0 Å². The van der Waals surface area contributed by atoms with Crippen LogP contribution in [-0.4, -0.2) is 27.8 Å². The average Bonchev–Trinajstić information content (AvgIpc) is 2.96. The molecule has 0 aromatic carbocycles. The molecular weight excluding hydrogens is 324 g/mol. The second-order valence-electron chi connectivity index (χ2n) is 4.94. The van der Waals surface area contributed by atoms with Crippen LogP contribution in [0, 0.1) is 13.8 Å². The van der Waals surface area contributed by atoms with Gasteiger partial charge in [0.2, 0.25) is 0 Å². The highest BCUT2D eigenvalue weighted by atomic mass is 35.5. The van der Waals surface area contributed by atoms with Crippen LogP contribution in [0.15, 0.2) is 0 Å². The summed E-state index contributed by atoms with van der Waals surface area (Å²) in [5.41, 5.74) is 3.24. The number of carbonyl (C=O) groups is 1. The van der Waals surface area contributed by atoms with Crippen molar-refractivity contribution < 1.29 is 9.53 Å². The molecule has 0 aliphatic carbocycles. The van der Waals surface area contributed by atoms with E-state index in [-0.39, 0.29) is 11.2 Å². The lowest BCUT2D eigenvalue weighted by Crippen LogP contribution is -2.11. The molecule has 0 saturated carbocycles. The highest BCUT2D eigenvalue weighted by Crippen LogP contribution is 2.32. The highest BCUT2D eigenvalue weighted by Gasteiger charge is 2.22. The van der Waals surface area contributed by atoms with Crippen LogP contribution < -0.4 is 5.32 Å². The highest BCUT2D eigenvalue weighted by molar-refractivity contribution is 7.18. The molecular formula is C14H19ClN4O2S. The first-order valence-corrected chi connectivity index (χ1v) is 8.09. The molecule has 8 heteroatoms. The van der Waals surface area contributed by atoms with Crippen molar-refractivity contribution in [1.82, 2.24) is 14.8 Å². The number of thiazole rings is 1. The largest absolute Gasteiger partial charge is 0.465 e. The molecule has 2 aromatic rings. The molecule has 2 aromatic heterocycles. The zero-order chi connectivity index (χ0) is 16.4. The second kappa shape index (κ2) is 6.66. The van der Waals surface area contributed by atoms with Gasteiger partial charge in [0.1, 0.15) is 0 Å². The van der Waals surface area contributed by atoms with Crippen molar-refractivity contribution in [3.63, 3.8) is 0 Å². The van der Waals surface area contributed by atoms with E-state index in [0.29, 0.717) is 10.0 Å². The Labute approximate surface area is 138 Å². The summed E-state index contributed by atoms with van der Waals surface area (Å²) in [5, 5.41) is 8.54. The van der Waals surface area contributed by atoms with Crippen LogP contribution >= 0.6 is 22.9 Å². The lowest BCUT2D eigenvalue weighted by molar-refractivity contribution is 0.0606. The molecule has 1 unspecified atom stereocenters. The van der Waals surface area contributed by atoms with E-state index in [2.05, 4.69) is 22.3 Å². The molecule has 6 nitrogen and oxygen atoms in total. The molecule has 0 bridgehead atoms. The second-order valence-corrected chi connectivity index (χ2v) is 6.30. The SMILES string of the molecule is CCC(Nc1nc(Cl)c(C(=O)OC)s1)c1c(C)nn(C)c1C. The minimum atomic E-state index is -0.475. The number of nitrogens with zero attached hydrogens (tertiary/aromatic N) is 3. The number of nitrogens with one attached hydrogen (secondary N) is 1. The predicted octanol–water partition coefficient (Wildman–Crippen LogP) is 3.50. The molecule has 1 atom stereocenters. The zero-order valence-electron chi connectivity index (χ0n) is 13.2. The van der Waals surface area contributed by atoms with Crippen LogP contribution in [0.4, 0.5) is 5.13 Å². The van der Waals surface area contributed by atoms with Gasteiger partial charge in [-0.15, -0.1) is 0 Å². The Morgan fingerprint density at radius 2 is 2.18 bits per heavy atom. The third-order valence-corrected chi connectivity index (χ3v) is 4.93. The summed E-state index contributed by atoms with van der Waals surface area (Å²) < 4.78 is 6.56. The number of rotatable bonds is 5. The molecule has 22 heavy (non-hydrogen) atoms. The summed E-state index contributed by atoms with van der Waals surface area (Å²) >= 11 is 7.19. The van der Waals surface area contributed by atoms with Crippen LogP contribution in [0.2, 0.25) is 5.15 Å². The van der Waals surface area contributed by atoms with Crippen LogP contribution in [0.5, 0.6) is 0 Å². The number of methoxy groups -OCH3 is 1. The summed E-state index contributed by atoms with van der Waals surface area (Å²) in [6.45, 7) is 6.11. The molecule has 120 valence electrons. The first kappa shape index (κ1) is 16.8. The maximum Gasteiger partial charge on any atom is 0.351 e. The van der Waals surface area contributed by atoms with Gasteiger partial charge in [0.25, 0.3) is 0 Å². The Balaban J connectivity index is 2.29. The van der Waals surface area contributed by atoms with Crippen molar-refractivity contribution in [2.75, 3.05) is 12.4 Å². The fourth-order valence-electron chi connectivity index (χ4n) is 2.40. The Morgan fingerprint density at radius 1 is 1.50 bits per heavy atom. The molecule has 0 aliphatic rings. The maximum atomic E-state index is 11.6. The Hall–Kier alpha value is -1.60. The van der Waals surface area contributed by atoms with Crippen molar-refractivity contribution in [1.29, 1.82) is 0 Å². The number of anilines is 1. The van der Waals surface area contributed by atoms with E-state index < -0.39 is 5.97 Å². The average molecular weight is 343 g/mol. The fraction of sp³-hybridized carbons (Fsp3) is 0.500. The lowest BCUT2D eigenvalue weighted by atomic mass is 10.0. The van der Waals surface area contributed by atoms with E-state index >= 15 is 0 Å². The van der Waals surface area contributed by atoms with Gasteiger partial charge in [0, 0.05) is 18.3 Å². The van der Waals surface area contributed by atoms with Crippen molar-refractivity contribution in [3.8, 4) is 0 Å². The minimum absolute atomic E-state index is 0.0569. The lowest BCUT2D eigenvalue weighted by Gasteiger charge is -2.17. The van der Waals surface area contributed by atoms with E-state index in [9.17, 15) is 4.79 Å². The van der Waals surface area contributed by atoms with Gasteiger partial charge in [-0.25, -0.2) is 9.78 Å². The van der Waals surface area contributed by atoms with Crippen LogP contribution in [0.1, 0.15) is 46.0 Å². The van der Waals surface area contributed by atoms with Crippen LogP contribution in [0.25, 0.3) is 0 Å². The Kier molecular flexibility index (Phi) is 5.08. The smallest absolute Gasteiger partial charge is 0.351 e. The molecule has 0 spiro atoms. The number of aromatic nitrogens is 3. The third kappa shape index (κ3) is 3.10. The van der Waals surface area contributed by atoms with Gasteiger partial charge in [-0.3, -0.25) is 4.68 Å². The quantitative estimate of drug-likeness (QED) is 0.842. The number of ether oxygens (including phenoxy) is 1. The number of carbonyl (C=O) groups excluding carboxylic acids is 1. The van der Waals surface area contributed by atoms with E-state index in [1.165, 1.54) is 18.4 Å². The first-order valence-electron chi connectivity index (χ1n) is 6.90. The van der Waals surface area contributed by atoms with Crippen molar-refractivity contribution >= 4 is 34.0 Å².